The van der Waals surface area contributed by atoms with Crippen LogP contribution in [-0.2, 0) is 14.3 Å². The van der Waals surface area contributed by atoms with Gasteiger partial charge in [-0.2, -0.15) is 0 Å². The number of ether oxygens (including phenoxy) is 2. The van der Waals surface area contributed by atoms with Crippen molar-refractivity contribution >= 4 is 5.91 Å². The average molecular weight is 790 g/mol. The summed E-state index contributed by atoms with van der Waals surface area (Å²) in [5.41, 5.74) is 0. The lowest BCUT2D eigenvalue weighted by Gasteiger charge is -2.40. The van der Waals surface area contributed by atoms with Crippen LogP contribution in [0.2, 0.25) is 0 Å². The molecule has 0 aromatic carbocycles. The smallest absolute Gasteiger partial charge is 0.220 e. The zero-order valence-corrected chi connectivity index (χ0v) is 35.4. The maximum Gasteiger partial charge on any atom is 0.220 e. The summed E-state index contributed by atoms with van der Waals surface area (Å²) in [5.74, 6) is -0.187. The Labute approximate surface area is 341 Å². The Hall–Kier alpha value is -2.11. The van der Waals surface area contributed by atoms with E-state index in [1.165, 1.54) is 83.5 Å². The normalized spacial score (nSPS) is 21.7. The number of nitrogens with one attached hydrogen (secondary N) is 1. The fraction of sp³-hybridized carbons (Fsp3) is 0.766. The third kappa shape index (κ3) is 27.5. The predicted molar refractivity (Wildman–Crippen MR) is 230 cm³/mol. The first-order chi connectivity index (χ1) is 27.3. The van der Waals surface area contributed by atoms with Crippen molar-refractivity contribution in [3.8, 4) is 0 Å². The van der Waals surface area contributed by atoms with Gasteiger partial charge in [-0.05, 0) is 57.8 Å². The fourth-order valence-electron chi connectivity index (χ4n) is 6.73. The quantitative estimate of drug-likeness (QED) is 0.0272. The number of allylic oxidation sites excluding steroid dienone is 9. The summed E-state index contributed by atoms with van der Waals surface area (Å²) in [6.07, 6.45) is 41.2. The number of hydrogen-bond donors (Lipinski definition) is 6. The molecule has 1 aliphatic heterocycles. The summed E-state index contributed by atoms with van der Waals surface area (Å²) in [5, 5.41) is 54.0. The van der Waals surface area contributed by atoms with Gasteiger partial charge in [0.2, 0.25) is 5.91 Å². The Morgan fingerprint density at radius 1 is 0.625 bits per heavy atom. The lowest BCUT2D eigenvalue weighted by Crippen LogP contribution is -2.60. The van der Waals surface area contributed by atoms with E-state index in [-0.39, 0.29) is 12.5 Å². The van der Waals surface area contributed by atoms with Crippen LogP contribution in [0.3, 0.4) is 0 Å². The fourth-order valence-corrected chi connectivity index (χ4v) is 6.73. The van der Waals surface area contributed by atoms with Gasteiger partial charge in [0.1, 0.15) is 24.4 Å². The van der Waals surface area contributed by atoms with Gasteiger partial charge in [-0.3, -0.25) is 4.79 Å². The number of aliphatic hydroxyl groups excluding tert-OH is 5. The Balaban J connectivity index is 2.29. The lowest BCUT2D eigenvalue weighted by atomic mass is 9.99. The molecule has 0 saturated carbocycles. The van der Waals surface area contributed by atoms with Crippen molar-refractivity contribution in [2.24, 2.45) is 0 Å². The lowest BCUT2D eigenvalue weighted by molar-refractivity contribution is -0.302. The minimum absolute atomic E-state index is 0.187. The Morgan fingerprint density at radius 2 is 1.11 bits per heavy atom. The molecule has 1 aliphatic rings. The summed E-state index contributed by atoms with van der Waals surface area (Å²) < 4.78 is 11.2. The third-order valence-corrected chi connectivity index (χ3v) is 10.3. The molecule has 1 fully saturated rings. The van der Waals surface area contributed by atoms with Crippen molar-refractivity contribution < 1.29 is 39.8 Å². The third-order valence-electron chi connectivity index (χ3n) is 10.3. The number of hydrogen-bond acceptors (Lipinski definition) is 8. The molecule has 1 rings (SSSR count). The molecule has 0 bridgehead atoms. The molecule has 9 nitrogen and oxygen atoms in total. The van der Waals surface area contributed by atoms with Crippen LogP contribution in [-0.4, -0.2) is 87.5 Å². The second-order valence-corrected chi connectivity index (χ2v) is 15.5. The van der Waals surface area contributed by atoms with Crippen LogP contribution in [0.4, 0.5) is 0 Å². The van der Waals surface area contributed by atoms with Gasteiger partial charge in [-0.15, -0.1) is 0 Å². The monoisotopic (exact) mass is 790 g/mol. The molecular weight excluding hydrogens is 707 g/mol. The number of amides is 1. The van der Waals surface area contributed by atoms with Crippen molar-refractivity contribution in [1.82, 2.24) is 5.32 Å². The van der Waals surface area contributed by atoms with E-state index >= 15 is 0 Å². The van der Waals surface area contributed by atoms with Crippen LogP contribution in [0.25, 0.3) is 0 Å². The topological polar surface area (TPSA) is 149 Å². The van der Waals surface area contributed by atoms with E-state index in [1.807, 2.05) is 6.08 Å². The van der Waals surface area contributed by atoms with Crippen LogP contribution in [0.1, 0.15) is 174 Å². The SMILES string of the molecule is CC/C=C\C/C=C\C/C=C\C/C=C\CCCCCCCCCCCCC(=O)NC(COC1OC(CO)C(O)C(O)C1O)C(O)/C=C/CCCCCCCCCC. The van der Waals surface area contributed by atoms with Crippen LogP contribution in [0.15, 0.2) is 60.8 Å². The van der Waals surface area contributed by atoms with Crippen LogP contribution in [0, 0.1) is 0 Å². The molecule has 1 saturated heterocycles. The summed E-state index contributed by atoms with van der Waals surface area (Å²) in [4.78, 5) is 12.9. The Kier molecular flexibility index (Phi) is 34.5. The largest absolute Gasteiger partial charge is 0.394 e. The van der Waals surface area contributed by atoms with Gasteiger partial charge in [-0.1, -0.05) is 171 Å². The summed E-state index contributed by atoms with van der Waals surface area (Å²) in [6.45, 7) is 3.62. The standard InChI is InChI=1S/C47H83NO8/c1-3-5-7-9-11-13-15-16-17-18-19-20-21-22-23-24-25-26-27-29-31-33-35-37-43(51)48-40(39-55-47-46(54)45(53)44(52)42(38-49)56-47)41(50)36-34-32-30-28-14-12-10-8-6-4-2/h5,7,11,13,16-17,19-20,34,36,40-42,44-47,49-50,52-54H,3-4,6,8-10,12,14-15,18,21-33,35,37-39H2,1-2H3,(H,48,51)/b7-5-,13-11-,17-16-,20-19-,36-34+. The second-order valence-electron chi connectivity index (χ2n) is 15.5. The molecule has 0 radical (unpaired) electrons. The van der Waals surface area contributed by atoms with Crippen molar-refractivity contribution in [2.75, 3.05) is 13.2 Å². The van der Waals surface area contributed by atoms with E-state index in [0.29, 0.717) is 6.42 Å². The zero-order valence-electron chi connectivity index (χ0n) is 35.4. The highest BCUT2D eigenvalue weighted by Gasteiger charge is 2.44. The molecule has 324 valence electrons. The van der Waals surface area contributed by atoms with E-state index in [4.69, 9.17) is 9.47 Å². The number of carbonyl (C=O) groups excluding carboxylic acids is 1. The van der Waals surface area contributed by atoms with Gasteiger partial charge in [-0.25, -0.2) is 0 Å². The molecule has 56 heavy (non-hydrogen) atoms. The van der Waals surface area contributed by atoms with Gasteiger partial charge < -0.3 is 40.3 Å². The van der Waals surface area contributed by atoms with Crippen molar-refractivity contribution in [1.29, 1.82) is 0 Å². The minimum atomic E-state index is -1.57. The zero-order chi connectivity index (χ0) is 40.9. The highest BCUT2D eigenvalue weighted by molar-refractivity contribution is 5.76. The second kappa shape index (κ2) is 37.2. The van der Waals surface area contributed by atoms with Crippen LogP contribution in [0.5, 0.6) is 0 Å². The first-order valence-electron chi connectivity index (χ1n) is 22.5. The van der Waals surface area contributed by atoms with E-state index in [1.54, 1.807) is 6.08 Å². The number of aliphatic hydroxyl groups is 5. The molecule has 1 amide bonds. The summed E-state index contributed by atoms with van der Waals surface area (Å²) >= 11 is 0. The Morgan fingerprint density at radius 3 is 1.64 bits per heavy atom. The van der Waals surface area contributed by atoms with E-state index in [2.05, 4.69) is 67.8 Å². The molecule has 0 aromatic rings. The van der Waals surface area contributed by atoms with Crippen molar-refractivity contribution in [3.63, 3.8) is 0 Å². The molecule has 7 atom stereocenters. The highest BCUT2D eigenvalue weighted by Crippen LogP contribution is 2.22. The maximum atomic E-state index is 12.9. The van der Waals surface area contributed by atoms with Gasteiger partial charge in [0, 0.05) is 6.42 Å². The average Bonchev–Trinajstić information content (AvgIpc) is 3.20. The van der Waals surface area contributed by atoms with E-state index in [9.17, 15) is 30.3 Å². The molecule has 0 aliphatic carbocycles. The van der Waals surface area contributed by atoms with E-state index < -0.39 is 49.5 Å². The highest BCUT2D eigenvalue weighted by atomic mass is 16.7. The first-order valence-corrected chi connectivity index (χ1v) is 22.5. The number of carbonyl (C=O) groups is 1. The van der Waals surface area contributed by atoms with Crippen molar-refractivity contribution in [2.45, 2.75) is 217 Å². The number of rotatable bonds is 36. The van der Waals surface area contributed by atoms with Crippen LogP contribution < -0.4 is 5.32 Å². The molecule has 1 heterocycles. The van der Waals surface area contributed by atoms with Gasteiger partial charge in [0.05, 0.1) is 25.4 Å². The number of unbranched alkanes of at least 4 members (excludes halogenated alkanes) is 18. The minimum Gasteiger partial charge on any atom is -0.394 e. The molecule has 0 spiro atoms. The molecule has 6 N–H and O–H groups in total. The maximum absolute atomic E-state index is 12.9. The molecular formula is C47H83NO8. The predicted octanol–water partition coefficient (Wildman–Crippen LogP) is 9.22. The van der Waals surface area contributed by atoms with E-state index in [0.717, 1.165) is 70.6 Å². The van der Waals surface area contributed by atoms with Gasteiger partial charge in [0.25, 0.3) is 0 Å². The first kappa shape index (κ1) is 51.9. The molecule has 9 heteroatoms. The Bertz CT molecular complexity index is 1060. The van der Waals surface area contributed by atoms with Crippen molar-refractivity contribution in [3.05, 3.63) is 60.8 Å². The summed E-state index contributed by atoms with van der Waals surface area (Å²) in [7, 11) is 0. The molecule has 0 aromatic heterocycles. The van der Waals surface area contributed by atoms with Gasteiger partial charge >= 0.3 is 0 Å². The van der Waals surface area contributed by atoms with Gasteiger partial charge in [0.15, 0.2) is 6.29 Å². The molecule has 7 unspecified atom stereocenters. The summed E-state index contributed by atoms with van der Waals surface area (Å²) in [6, 6.07) is -0.807. The van der Waals surface area contributed by atoms with Crippen LogP contribution >= 0.6 is 0 Å².